The summed E-state index contributed by atoms with van der Waals surface area (Å²) in [5.41, 5.74) is 0.435. The van der Waals surface area contributed by atoms with Crippen LogP contribution in [-0.2, 0) is 6.61 Å². The molecule has 0 saturated heterocycles. The molecule has 0 atom stereocenters. The summed E-state index contributed by atoms with van der Waals surface area (Å²) in [6, 6.07) is 2.90. The molecule has 1 rings (SSSR count). The lowest BCUT2D eigenvalue weighted by molar-refractivity contribution is 0.270. The number of hydrogen-bond acceptors (Lipinski definition) is 2. The number of aliphatic hydroxyl groups is 1. The third-order valence-corrected chi connectivity index (χ3v) is 1.92. The maximum atomic E-state index is 13.0. The fourth-order valence-electron chi connectivity index (χ4n) is 0.960. The SMILES string of the molecule is COc1c(F)cc(Br)cc1CO. The molecule has 0 aliphatic heterocycles. The lowest BCUT2D eigenvalue weighted by Crippen LogP contribution is -1.95. The second kappa shape index (κ2) is 3.87. The van der Waals surface area contributed by atoms with Crippen molar-refractivity contribution in [3.05, 3.63) is 28.0 Å². The van der Waals surface area contributed by atoms with Gasteiger partial charge in [0.05, 0.1) is 13.7 Å². The molecule has 1 aromatic rings. The van der Waals surface area contributed by atoms with Gasteiger partial charge in [0.2, 0.25) is 0 Å². The van der Waals surface area contributed by atoms with Gasteiger partial charge in [0.1, 0.15) is 0 Å². The number of methoxy groups -OCH3 is 1. The smallest absolute Gasteiger partial charge is 0.166 e. The molecule has 2 nitrogen and oxygen atoms in total. The van der Waals surface area contributed by atoms with E-state index in [0.29, 0.717) is 10.0 Å². The Bertz CT molecular complexity index is 289. The molecule has 0 bridgehead atoms. The fraction of sp³-hybridized carbons (Fsp3) is 0.250. The fourth-order valence-corrected chi connectivity index (χ4v) is 1.44. The van der Waals surface area contributed by atoms with Crippen LogP contribution < -0.4 is 4.74 Å². The molecule has 0 unspecified atom stereocenters. The molecule has 0 amide bonds. The Kier molecular flexibility index (Phi) is 3.05. The highest BCUT2D eigenvalue weighted by Gasteiger charge is 2.09. The van der Waals surface area contributed by atoms with Gasteiger partial charge in [-0.2, -0.15) is 0 Å². The highest BCUT2D eigenvalue weighted by atomic mass is 79.9. The minimum atomic E-state index is -0.476. The van der Waals surface area contributed by atoms with E-state index >= 15 is 0 Å². The molecule has 1 N–H and O–H groups in total. The number of rotatable bonds is 2. The van der Waals surface area contributed by atoms with Crippen molar-refractivity contribution < 1.29 is 14.2 Å². The molecule has 4 heteroatoms. The van der Waals surface area contributed by atoms with E-state index in [2.05, 4.69) is 15.9 Å². The van der Waals surface area contributed by atoms with Gasteiger partial charge in [-0.1, -0.05) is 15.9 Å². The molecule has 12 heavy (non-hydrogen) atoms. The summed E-state index contributed by atoms with van der Waals surface area (Å²) in [6.45, 7) is -0.237. The number of ether oxygens (including phenoxy) is 1. The number of benzene rings is 1. The van der Waals surface area contributed by atoms with Gasteiger partial charge in [-0.15, -0.1) is 0 Å². The Labute approximate surface area is 78.1 Å². The minimum Gasteiger partial charge on any atom is -0.493 e. The molecule has 0 radical (unpaired) electrons. The molecular formula is C8H8BrFO2. The van der Waals surface area contributed by atoms with Crippen LogP contribution in [0.2, 0.25) is 0 Å². The summed E-state index contributed by atoms with van der Waals surface area (Å²) >= 11 is 3.11. The monoisotopic (exact) mass is 234 g/mol. The van der Waals surface area contributed by atoms with Crippen molar-refractivity contribution in [2.45, 2.75) is 6.61 Å². The van der Waals surface area contributed by atoms with Crippen LogP contribution in [0.3, 0.4) is 0 Å². The van der Waals surface area contributed by atoms with Crippen molar-refractivity contribution in [3.8, 4) is 5.75 Å². The summed E-state index contributed by atoms with van der Waals surface area (Å²) in [6.07, 6.45) is 0. The molecule has 0 saturated carbocycles. The first-order valence-corrected chi connectivity index (χ1v) is 4.11. The van der Waals surface area contributed by atoms with Crippen LogP contribution in [0.4, 0.5) is 4.39 Å². The Morgan fingerprint density at radius 2 is 2.25 bits per heavy atom. The van der Waals surface area contributed by atoms with Crippen LogP contribution in [0.1, 0.15) is 5.56 Å². The molecule has 0 aliphatic carbocycles. The third kappa shape index (κ3) is 1.76. The Morgan fingerprint density at radius 1 is 1.58 bits per heavy atom. The summed E-state index contributed by atoms with van der Waals surface area (Å²) in [7, 11) is 1.37. The zero-order chi connectivity index (χ0) is 9.14. The van der Waals surface area contributed by atoms with E-state index in [1.165, 1.54) is 13.2 Å². The van der Waals surface area contributed by atoms with E-state index < -0.39 is 5.82 Å². The molecule has 66 valence electrons. The molecule has 0 aromatic heterocycles. The van der Waals surface area contributed by atoms with Gasteiger partial charge in [0.25, 0.3) is 0 Å². The van der Waals surface area contributed by atoms with Gasteiger partial charge in [-0.25, -0.2) is 4.39 Å². The van der Waals surface area contributed by atoms with Crippen LogP contribution >= 0.6 is 15.9 Å². The average Bonchev–Trinajstić information content (AvgIpc) is 2.03. The first-order chi connectivity index (χ1) is 5.69. The Morgan fingerprint density at radius 3 is 2.75 bits per heavy atom. The average molecular weight is 235 g/mol. The van der Waals surface area contributed by atoms with Crippen molar-refractivity contribution in [1.82, 2.24) is 0 Å². The number of halogens is 2. The Balaban J connectivity index is 3.24. The largest absolute Gasteiger partial charge is 0.493 e. The molecule has 0 aliphatic rings. The predicted molar refractivity (Wildman–Crippen MR) is 46.6 cm³/mol. The lowest BCUT2D eigenvalue weighted by Gasteiger charge is -2.07. The quantitative estimate of drug-likeness (QED) is 0.850. The van der Waals surface area contributed by atoms with Gasteiger partial charge in [0, 0.05) is 10.0 Å². The van der Waals surface area contributed by atoms with E-state index in [-0.39, 0.29) is 12.4 Å². The summed E-state index contributed by atoms with van der Waals surface area (Å²) in [4.78, 5) is 0. The first kappa shape index (κ1) is 9.48. The number of hydrogen-bond donors (Lipinski definition) is 1. The second-order valence-electron chi connectivity index (χ2n) is 2.24. The zero-order valence-corrected chi connectivity index (χ0v) is 8.06. The van der Waals surface area contributed by atoms with E-state index in [0.717, 1.165) is 0 Å². The highest BCUT2D eigenvalue weighted by Crippen LogP contribution is 2.26. The zero-order valence-electron chi connectivity index (χ0n) is 6.47. The summed E-state index contributed by atoms with van der Waals surface area (Å²) < 4.78 is 18.4. The van der Waals surface area contributed by atoms with Gasteiger partial charge in [0.15, 0.2) is 11.6 Å². The molecule has 1 aromatic carbocycles. The maximum Gasteiger partial charge on any atom is 0.166 e. The minimum absolute atomic E-state index is 0.0979. The van der Waals surface area contributed by atoms with E-state index in [4.69, 9.17) is 9.84 Å². The number of aliphatic hydroxyl groups excluding tert-OH is 1. The standard InChI is InChI=1S/C8H8BrFO2/c1-12-8-5(4-11)2-6(9)3-7(8)10/h2-3,11H,4H2,1H3. The maximum absolute atomic E-state index is 13.0. The van der Waals surface area contributed by atoms with Crippen molar-refractivity contribution in [2.75, 3.05) is 7.11 Å². The van der Waals surface area contributed by atoms with Gasteiger partial charge in [-0.05, 0) is 12.1 Å². The normalized spacial score (nSPS) is 10.0. The van der Waals surface area contributed by atoms with E-state index in [1.54, 1.807) is 6.07 Å². The molecule has 0 fully saturated rings. The Hall–Kier alpha value is -0.610. The van der Waals surface area contributed by atoms with Crippen LogP contribution in [-0.4, -0.2) is 12.2 Å². The predicted octanol–water partition coefficient (Wildman–Crippen LogP) is 2.09. The van der Waals surface area contributed by atoms with Gasteiger partial charge < -0.3 is 9.84 Å². The van der Waals surface area contributed by atoms with Crippen molar-refractivity contribution in [3.63, 3.8) is 0 Å². The van der Waals surface area contributed by atoms with Gasteiger partial charge >= 0.3 is 0 Å². The summed E-state index contributed by atoms with van der Waals surface area (Å²) in [5, 5.41) is 8.83. The van der Waals surface area contributed by atoms with Crippen LogP contribution in [0.15, 0.2) is 16.6 Å². The topological polar surface area (TPSA) is 29.5 Å². The van der Waals surface area contributed by atoms with Crippen LogP contribution in [0, 0.1) is 5.82 Å². The van der Waals surface area contributed by atoms with Crippen LogP contribution in [0.5, 0.6) is 5.75 Å². The third-order valence-electron chi connectivity index (χ3n) is 1.46. The highest BCUT2D eigenvalue weighted by molar-refractivity contribution is 9.10. The van der Waals surface area contributed by atoms with Crippen LogP contribution in [0.25, 0.3) is 0 Å². The van der Waals surface area contributed by atoms with E-state index in [1.807, 2.05) is 0 Å². The van der Waals surface area contributed by atoms with E-state index in [9.17, 15) is 4.39 Å². The van der Waals surface area contributed by atoms with Crippen molar-refractivity contribution >= 4 is 15.9 Å². The lowest BCUT2D eigenvalue weighted by atomic mass is 10.2. The first-order valence-electron chi connectivity index (χ1n) is 3.31. The van der Waals surface area contributed by atoms with Crippen molar-refractivity contribution in [2.24, 2.45) is 0 Å². The molecule has 0 heterocycles. The second-order valence-corrected chi connectivity index (χ2v) is 3.15. The van der Waals surface area contributed by atoms with Crippen molar-refractivity contribution in [1.29, 1.82) is 0 Å². The molecule has 0 spiro atoms. The summed E-state index contributed by atoms with van der Waals surface area (Å²) in [5.74, 6) is -0.378. The molecular weight excluding hydrogens is 227 g/mol. The van der Waals surface area contributed by atoms with Gasteiger partial charge in [-0.3, -0.25) is 0 Å².